The number of guanidine groups is 1. The molecule has 3 aliphatic rings. The predicted molar refractivity (Wildman–Crippen MR) is 181 cm³/mol. The number of rotatable bonds is 8. The number of alkyl halides is 7. The number of benzene rings is 2. The zero-order valence-electron chi connectivity index (χ0n) is 29.2. The maximum Gasteiger partial charge on any atom is 0.408 e. The van der Waals surface area contributed by atoms with Gasteiger partial charge in [0.25, 0.3) is 12.3 Å². The van der Waals surface area contributed by atoms with Gasteiger partial charge in [-0.25, -0.2) is 9.78 Å². The third-order valence-corrected chi connectivity index (χ3v) is 10.1. The first-order chi connectivity index (χ1) is 25.8. The highest BCUT2D eigenvalue weighted by Gasteiger charge is 2.60. The monoisotopic (exact) mass is 796 g/mol. The molecule has 55 heavy (non-hydrogen) atoms. The lowest BCUT2D eigenvalue weighted by Crippen LogP contribution is -2.50. The number of carbonyl (C=O) groups excluding carboxylic acids is 2. The summed E-state index contributed by atoms with van der Waals surface area (Å²) in [7, 11) is 0. The van der Waals surface area contributed by atoms with E-state index in [1.54, 1.807) is 28.4 Å². The lowest BCUT2D eigenvalue weighted by molar-refractivity contribution is -0.218. The Bertz CT molecular complexity index is 2150. The van der Waals surface area contributed by atoms with E-state index >= 15 is 9.18 Å². The van der Waals surface area contributed by atoms with E-state index in [1.165, 1.54) is 30.3 Å². The quantitative estimate of drug-likeness (QED) is 0.143. The van der Waals surface area contributed by atoms with E-state index in [0.29, 0.717) is 18.2 Å². The lowest BCUT2D eigenvalue weighted by Gasteiger charge is -2.37. The second-order valence-electron chi connectivity index (χ2n) is 14.2. The molecule has 1 saturated heterocycles. The molecule has 2 fully saturated rings. The Labute approximate surface area is 312 Å². The zero-order valence-corrected chi connectivity index (χ0v) is 29.9. The van der Waals surface area contributed by atoms with Crippen molar-refractivity contribution in [1.82, 2.24) is 45.3 Å². The largest absolute Gasteiger partial charge is 0.447 e. The van der Waals surface area contributed by atoms with Crippen LogP contribution in [0.5, 0.6) is 0 Å². The number of fused-ring (bicyclic) bond motifs is 5. The highest BCUT2D eigenvalue weighted by molar-refractivity contribution is 6.33. The van der Waals surface area contributed by atoms with Crippen LogP contribution in [0.1, 0.15) is 69.7 Å². The van der Waals surface area contributed by atoms with Gasteiger partial charge in [0, 0.05) is 11.1 Å². The molecule has 7 rings (SSSR count). The van der Waals surface area contributed by atoms with Crippen molar-refractivity contribution in [3.8, 4) is 22.6 Å². The number of hydrogen-bond acceptors (Lipinski definition) is 9. The molecule has 4 aromatic rings. The Balaban J connectivity index is 1.36. The van der Waals surface area contributed by atoms with Crippen LogP contribution < -0.4 is 10.6 Å². The molecule has 2 aromatic carbocycles. The maximum atomic E-state index is 16.3. The van der Waals surface area contributed by atoms with E-state index in [2.05, 4.69) is 30.6 Å². The van der Waals surface area contributed by atoms with Crippen molar-refractivity contribution < 1.29 is 45.1 Å². The number of aliphatic imine (C=N–C) groups is 1. The molecule has 1 unspecified atom stereocenters. The summed E-state index contributed by atoms with van der Waals surface area (Å²) < 4.78 is 106. The number of alkyl carbamates (subject to hydrolysis) is 1. The van der Waals surface area contributed by atoms with Crippen LogP contribution >= 0.6 is 11.6 Å². The van der Waals surface area contributed by atoms with Gasteiger partial charge in [-0.1, -0.05) is 55.8 Å². The first-order valence-corrected chi connectivity index (χ1v) is 17.3. The average Bonchev–Trinajstić information content (AvgIpc) is 3.51. The summed E-state index contributed by atoms with van der Waals surface area (Å²) in [5.41, 5.74) is -3.57. The molecule has 0 radical (unpaired) electrons. The fourth-order valence-electron chi connectivity index (χ4n) is 6.44. The molecule has 2 bridgehead atoms. The minimum atomic E-state index is -4.85. The predicted octanol–water partition coefficient (Wildman–Crippen LogP) is 7.01. The Morgan fingerprint density at radius 3 is 2.45 bits per heavy atom. The van der Waals surface area contributed by atoms with Gasteiger partial charge in [0.1, 0.15) is 30.2 Å². The third kappa shape index (κ3) is 7.06. The minimum absolute atomic E-state index is 0.0308. The fraction of sp³-hybridized carbons (Fsp3) is 0.441. The first-order valence-electron chi connectivity index (χ1n) is 16.9. The van der Waals surface area contributed by atoms with E-state index in [4.69, 9.17) is 16.3 Å². The average molecular weight is 797 g/mol. The topological polar surface area (TPSA) is 144 Å². The Morgan fingerprint density at radius 2 is 1.80 bits per heavy atom. The van der Waals surface area contributed by atoms with Gasteiger partial charge in [-0.05, 0) is 49.4 Å². The van der Waals surface area contributed by atoms with Gasteiger partial charge in [-0.2, -0.15) is 60.5 Å². The maximum absolute atomic E-state index is 16.3. The standard InChI is InChI=1S/C34H32ClF7N10O3/c1-17(33(37,38)39)46-30(54)55-14-25-19-6-11-23(35)22(12-19)26-43-16-45-51(26)28(36)47-29-48-32(27(53)50(25)29,15-31(2,3)34(40,41)42)20-7-4-18(5-8-20)24-13-44-52(49-24)21-9-10-21/h4-8,11-13,16-17,21,25,28H,9-10,14-15H2,1-3H3,(H,46,54)(H,47,48)/t17-,25+,28?,32+/m0/s1. The minimum Gasteiger partial charge on any atom is -0.447 e. The Hall–Kier alpha value is -5.27. The van der Waals surface area contributed by atoms with Gasteiger partial charge in [0.15, 0.2) is 5.82 Å². The summed E-state index contributed by atoms with van der Waals surface area (Å²) in [6.45, 7) is 1.63. The van der Waals surface area contributed by atoms with Crippen molar-refractivity contribution >= 4 is 29.6 Å². The highest BCUT2D eigenvalue weighted by atomic mass is 35.5. The molecule has 2 N–H and O–H groups in total. The number of nitrogens with one attached hydrogen (secondary N) is 2. The number of amides is 2. The van der Waals surface area contributed by atoms with Crippen LogP contribution in [0.4, 0.5) is 35.5 Å². The van der Waals surface area contributed by atoms with E-state index in [9.17, 15) is 31.1 Å². The van der Waals surface area contributed by atoms with E-state index in [0.717, 1.165) is 42.6 Å². The molecule has 2 aromatic heterocycles. The second kappa shape index (κ2) is 13.5. The molecule has 292 valence electrons. The van der Waals surface area contributed by atoms with Gasteiger partial charge < -0.3 is 15.4 Å². The van der Waals surface area contributed by atoms with Crippen LogP contribution in [-0.2, 0) is 15.1 Å². The number of aromatic nitrogens is 6. The summed E-state index contributed by atoms with van der Waals surface area (Å²) >= 11 is 6.46. The van der Waals surface area contributed by atoms with Crippen LogP contribution in [0.25, 0.3) is 22.6 Å². The number of hydrogen-bond donors (Lipinski definition) is 2. The SMILES string of the molecule is C[C@H](NC(=O)OC[C@@H]1c2ccc(Cl)c(c2)-c2ncnn2C(F)/N=C2\N[C@](CC(C)(C)C(F)(F)F)(c3ccc(-c4cnn(C5CC5)n4)cc3)C(=O)N21)C(F)(F)F. The summed E-state index contributed by atoms with van der Waals surface area (Å²) in [5.74, 6) is -1.75. The summed E-state index contributed by atoms with van der Waals surface area (Å²) in [6, 6.07) is 6.47. The van der Waals surface area contributed by atoms with Crippen molar-refractivity contribution in [2.75, 3.05) is 6.61 Å². The molecular formula is C34H32ClF7N10O3. The van der Waals surface area contributed by atoms with Crippen LogP contribution in [-0.4, -0.2) is 77.6 Å². The van der Waals surface area contributed by atoms with E-state index in [-0.39, 0.29) is 33.6 Å². The fourth-order valence-corrected chi connectivity index (χ4v) is 6.64. The normalized spacial score (nSPS) is 22.9. The van der Waals surface area contributed by atoms with E-state index < -0.39 is 72.8 Å². The highest BCUT2D eigenvalue weighted by Crippen LogP contribution is 2.50. The smallest absolute Gasteiger partial charge is 0.408 e. The second-order valence-corrected chi connectivity index (χ2v) is 14.6. The van der Waals surface area contributed by atoms with Crippen LogP contribution in [0, 0.1) is 5.41 Å². The van der Waals surface area contributed by atoms with Gasteiger partial charge in [0.2, 0.25) is 5.96 Å². The zero-order chi connectivity index (χ0) is 39.7. The molecule has 4 heterocycles. The molecule has 4 atom stereocenters. The van der Waals surface area contributed by atoms with Crippen molar-refractivity contribution in [2.24, 2.45) is 10.4 Å². The molecule has 1 saturated carbocycles. The van der Waals surface area contributed by atoms with Crippen molar-refractivity contribution in [1.29, 1.82) is 0 Å². The number of nitrogens with zero attached hydrogens (tertiary/aromatic N) is 8. The molecule has 1 aliphatic carbocycles. The lowest BCUT2D eigenvalue weighted by atomic mass is 9.74. The van der Waals surface area contributed by atoms with Gasteiger partial charge in [-0.15, -0.1) is 0 Å². The van der Waals surface area contributed by atoms with Gasteiger partial charge in [-0.3, -0.25) is 9.69 Å². The Kier molecular flexibility index (Phi) is 9.32. The van der Waals surface area contributed by atoms with Crippen molar-refractivity contribution in [3.63, 3.8) is 0 Å². The Morgan fingerprint density at radius 1 is 1.09 bits per heavy atom. The molecular weight excluding hydrogens is 765 g/mol. The van der Waals surface area contributed by atoms with Crippen LogP contribution in [0.3, 0.4) is 0 Å². The van der Waals surface area contributed by atoms with Gasteiger partial charge >= 0.3 is 18.4 Å². The number of halogens is 8. The van der Waals surface area contributed by atoms with Crippen molar-refractivity contribution in [3.05, 3.63) is 71.1 Å². The number of carbonyl (C=O) groups is 2. The molecule has 21 heteroatoms. The van der Waals surface area contributed by atoms with Crippen molar-refractivity contribution in [2.45, 2.75) is 82.5 Å². The summed E-state index contributed by atoms with van der Waals surface area (Å²) in [5, 5.41) is 17.2. The number of ether oxygens (including phenoxy) is 1. The third-order valence-electron chi connectivity index (χ3n) is 9.80. The summed E-state index contributed by atoms with van der Waals surface area (Å²) in [4.78, 5) is 38.3. The van der Waals surface area contributed by atoms with Crippen LogP contribution in [0.2, 0.25) is 5.02 Å². The first kappa shape index (κ1) is 38.0. The molecule has 2 aliphatic heterocycles. The van der Waals surface area contributed by atoms with E-state index in [1.807, 2.05) is 0 Å². The van der Waals surface area contributed by atoms with Crippen LogP contribution in [0.15, 0.2) is 60.0 Å². The van der Waals surface area contributed by atoms with Gasteiger partial charge in [0.05, 0.1) is 28.7 Å². The molecule has 0 spiro atoms. The molecule has 13 nitrogen and oxygen atoms in total. The molecule has 2 amide bonds. The summed E-state index contributed by atoms with van der Waals surface area (Å²) in [6.07, 6.45) is -10.2.